The number of amides is 1. The van der Waals surface area contributed by atoms with Crippen molar-refractivity contribution in [3.05, 3.63) is 47.0 Å². The molecule has 0 saturated carbocycles. The third-order valence-corrected chi connectivity index (χ3v) is 4.93. The van der Waals surface area contributed by atoms with E-state index in [4.69, 9.17) is 14.2 Å². The van der Waals surface area contributed by atoms with E-state index in [1.807, 2.05) is 49.2 Å². The average molecular weight is 354 g/mol. The molecule has 1 N–H and O–H groups in total. The molecule has 0 fully saturated rings. The van der Waals surface area contributed by atoms with Gasteiger partial charge in [-0.1, -0.05) is 12.1 Å². The van der Waals surface area contributed by atoms with Crippen molar-refractivity contribution < 1.29 is 19.0 Å². The molecule has 26 heavy (non-hydrogen) atoms. The van der Waals surface area contributed by atoms with Gasteiger partial charge in [0.15, 0.2) is 11.5 Å². The number of hydrogen-bond acceptors (Lipinski definition) is 5. The molecule has 2 aliphatic rings. The smallest absolute Gasteiger partial charge is 0.246 e. The predicted molar refractivity (Wildman–Crippen MR) is 98.0 cm³/mol. The van der Waals surface area contributed by atoms with Crippen LogP contribution in [0.1, 0.15) is 22.7 Å². The molecule has 0 aromatic heterocycles. The van der Waals surface area contributed by atoms with E-state index in [1.165, 1.54) is 0 Å². The van der Waals surface area contributed by atoms with Crippen LogP contribution in [0.15, 0.2) is 30.3 Å². The van der Waals surface area contributed by atoms with Crippen LogP contribution in [0, 0.1) is 6.92 Å². The molecule has 6 heteroatoms. The van der Waals surface area contributed by atoms with Crippen LogP contribution in [0.5, 0.6) is 17.2 Å². The van der Waals surface area contributed by atoms with Crippen LogP contribution in [-0.2, 0) is 11.2 Å². The number of benzene rings is 2. The number of methoxy groups -OCH3 is 1. The van der Waals surface area contributed by atoms with E-state index in [-0.39, 0.29) is 12.7 Å². The first-order valence-corrected chi connectivity index (χ1v) is 8.65. The number of fused-ring (bicyclic) bond motifs is 2. The monoisotopic (exact) mass is 354 g/mol. The highest BCUT2D eigenvalue weighted by atomic mass is 16.7. The van der Waals surface area contributed by atoms with Crippen LogP contribution in [0.2, 0.25) is 0 Å². The van der Waals surface area contributed by atoms with Crippen LogP contribution in [0.3, 0.4) is 0 Å². The van der Waals surface area contributed by atoms with Crippen LogP contribution in [-0.4, -0.2) is 38.3 Å². The quantitative estimate of drug-likeness (QED) is 0.918. The Labute approximate surface area is 152 Å². The van der Waals surface area contributed by atoms with Crippen molar-refractivity contribution in [3.63, 3.8) is 0 Å². The van der Waals surface area contributed by atoms with Crippen molar-refractivity contribution >= 4 is 11.6 Å². The summed E-state index contributed by atoms with van der Waals surface area (Å²) in [6.45, 7) is 2.95. The minimum absolute atomic E-state index is 0.0868. The molecule has 2 aliphatic heterocycles. The fraction of sp³-hybridized carbons (Fsp3) is 0.350. The summed E-state index contributed by atoms with van der Waals surface area (Å²) in [6, 6.07) is 9.30. The summed E-state index contributed by atoms with van der Waals surface area (Å²) in [7, 11) is 3.55. The highest BCUT2D eigenvalue weighted by molar-refractivity contribution is 5.96. The number of carbonyl (C=O) groups excluding carboxylic acids is 1. The molecule has 1 unspecified atom stereocenters. The normalized spacial score (nSPS) is 18.3. The molecule has 0 aliphatic carbocycles. The van der Waals surface area contributed by atoms with Gasteiger partial charge >= 0.3 is 0 Å². The van der Waals surface area contributed by atoms with E-state index >= 15 is 0 Å². The molecule has 0 spiro atoms. The van der Waals surface area contributed by atoms with Crippen molar-refractivity contribution in [1.29, 1.82) is 0 Å². The lowest BCUT2D eigenvalue weighted by Gasteiger charge is -2.34. The molecule has 6 nitrogen and oxygen atoms in total. The molecule has 0 radical (unpaired) electrons. The van der Waals surface area contributed by atoms with Gasteiger partial charge in [-0.15, -0.1) is 0 Å². The first-order chi connectivity index (χ1) is 12.6. The molecule has 1 atom stereocenters. The SMILES string of the molecule is COc1c2c(cc3c1C(C(=O)Nc1cccc(C)c1)N(C)CC3)OCO2. The van der Waals surface area contributed by atoms with E-state index in [0.717, 1.165) is 35.3 Å². The Morgan fingerprint density at radius 2 is 2.15 bits per heavy atom. The number of likely N-dealkylation sites (N-methyl/N-ethyl adjacent to an activating group) is 1. The minimum Gasteiger partial charge on any atom is -0.492 e. The summed E-state index contributed by atoms with van der Waals surface area (Å²) in [5.41, 5.74) is 3.81. The third kappa shape index (κ3) is 2.76. The second kappa shape index (κ2) is 6.53. The summed E-state index contributed by atoms with van der Waals surface area (Å²) in [5.74, 6) is 1.76. The van der Waals surface area contributed by atoms with Crippen molar-refractivity contribution in [2.24, 2.45) is 0 Å². The number of ether oxygens (including phenoxy) is 3. The third-order valence-electron chi connectivity index (χ3n) is 4.93. The van der Waals surface area contributed by atoms with Crippen LogP contribution in [0.25, 0.3) is 0 Å². The van der Waals surface area contributed by atoms with Crippen molar-refractivity contribution in [2.45, 2.75) is 19.4 Å². The van der Waals surface area contributed by atoms with E-state index in [0.29, 0.717) is 17.2 Å². The zero-order valence-corrected chi connectivity index (χ0v) is 15.2. The summed E-state index contributed by atoms with van der Waals surface area (Å²) in [5, 5.41) is 3.03. The van der Waals surface area contributed by atoms with Gasteiger partial charge in [0, 0.05) is 17.8 Å². The zero-order valence-electron chi connectivity index (χ0n) is 15.2. The topological polar surface area (TPSA) is 60.0 Å². The molecular formula is C20H22N2O4. The Balaban J connectivity index is 1.75. The van der Waals surface area contributed by atoms with Crippen molar-refractivity contribution in [1.82, 2.24) is 4.90 Å². The first-order valence-electron chi connectivity index (χ1n) is 8.65. The second-order valence-electron chi connectivity index (χ2n) is 6.71. The Bertz CT molecular complexity index is 865. The summed E-state index contributed by atoms with van der Waals surface area (Å²) >= 11 is 0. The highest BCUT2D eigenvalue weighted by Crippen LogP contribution is 2.49. The highest BCUT2D eigenvalue weighted by Gasteiger charge is 2.37. The van der Waals surface area contributed by atoms with Gasteiger partial charge in [0.1, 0.15) is 6.04 Å². The Morgan fingerprint density at radius 3 is 2.92 bits per heavy atom. The average Bonchev–Trinajstić information content (AvgIpc) is 3.07. The van der Waals surface area contributed by atoms with E-state index in [1.54, 1.807) is 7.11 Å². The van der Waals surface area contributed by atoms with Gasteiger partial charge in [-0.3, -0.25) is 9.69 Å². The van der Waals surface area contributed by atoms with Gasteiger partial charge in [0.05, 0.1) is 7.11 Å². The Kier molecular flexibility index (Phi) is 4.20. The number of rotatable bonds is 3. The van der Waals surface area contributed by atoms with Gasteiger partial charge < -0.3 is 19.5 Å². The lowest BCUT2D eigenvalue weighted by Crippen LogP contribution is -2.39. The molecule has 0 bridgehead atoms. The maximum absolute atomic E-state index is 13.1. The Hall–Kier alpha value is -2.73. The van der Waals surface area contributed by atoms with Gasteiger partial charge in [-0.25, -0.2) is 0 Å². The number of aryl methyl sites for hydroxylation is 1. The summed E-state index contributed by atoms with van der Waals surface area (Å²) in [6.07, 6.45) is 0.826. The number of carbonyl (C=O) groups is 1. The van der Waals surface area contributed by atoms with Gasteiger partial charge in [0.2, 0.25) is 18.4 Å². The first kappa shape index (κ1) is 16.7. The minimum atomic E-state index is -0.455. The van der Waals surface area contributed by atoms with Gasteiger partial charge in [-0.05, 0) is 49.7 Å². The summed E-state index contributed by atoms with van der Waals surface area (Å²) < 4.78 is 16.8. The lowest BCUT2D eigenvalue weighted by atomic mass is 9.90. The Morgan fingerprint density at radius 1 is 1.31 bits per heavy atom. The number of nitrogens with one attached hydrogen (secondary N) is 1. The molecule has 136 valence electrons. The second-order valence-corrected chi connectivity index (χ2v) is 6.71. The zero-order chi connectivity index (χ0) is 18.3. The van der Waals surface area contributed by atoms with Crippen LogP contribution in [0.4, 0.5) is 5.69 Å². The fourth-order valence-corrected chi connectivity index (χ4v) is 3.70. The maximum atomic E-state index is 13.1. The number of anilines is 1. The molecule has 0 saturated heterocycles. The van der Waals surface area contributed by atoms with Crippen LogP contribution < -0.4 is 19.5 Å². The van der Waals surface area contributed by atoms with Crippen molar-refractivity contribution in [2.75, 3.05) is 32.8 Å². The van der Waals surface area contributed by atoms with E-state index in [9.17, 15) is 4.79 Å². The van der Waals surface area contributed by atoms with Gasteiger partial charge in [0.25, 0.3) is 0 Å². The van der Waals surface area contributed by atoms with E-state index < -0.39 is 6.04 Å². The lowest BCUT2D eigenvalue weighted by molar-refractivity contribution is -0.121. The molecule has 2 aromatic rings. The molecule has 2 heterocycles. The molecule has 4 rings (SSSR count). The molecule has 2 aromatic carbocycles. The van der Waals surface area contributed by atoms with Crippen molar-refractivity contribution in [3.8, 4) is 17.2 Å². The predicted octanol–water partition coefficient (Wildman–Crippen LogP) is 2.90. The fourth-order valence-electron chi connectivity index (χ4n) is 3.70. The van der Waals surface area contributed by atoms with Gasteiger partial charge in [-0.2, -0.15) is 0 Å². The molecule has 1 amide bonds. The molecular weight excluding hydrogens is 332 g/mol. The number of nitrogens with zero attached hydrogens (tertiary/aromatic N) is 1. The van der Waals surface area contributed by atoms with E-state index in [2.05, 4.69) is 5.32 Å². The van der Waals surface area contributed by atoms with Crippen LogP contribution >= 0.6 is 0 Å². The summed E-state index contributed by atoms with van der Waals surface area (Å²) in [4.78, 5) is 15.2. The maximum Gasteiger partial charge on any atom is 0.246 e. The number of hydrogen-bond donors (Lipinski definition) is 1. The standard InChI is InChI=1S/C20H22N2O4/c1-12-5-4-6-14(9-12)21-20(23)17-16-13(7-8-22(17)2)10-15-18(19(16)24-3)26-11-25-15/h4-6,9-10,17H,7-8,11H2,1-3H3,(H,21,23). The largest absolute Gasteiger partial charge is 0.492 e.